The van der Waals surface area contributed by atoms with Crippen molar-refractivity contribution >= 4 is 33.4 Å². The lowest BCUT2D eigenvalue weighted by Gasteiger charge is -2.02. The van der Waals surface area contributed by atoms with Gasteiger partial charge >= 0.3 is 0 Å². The zero-order chi connectivity index (χ0) is 17.2. The van der Waals surface area contributed by atoms with Crippen LogP contribution in [0.15, 0.2) is 48.1 Å². The Morgan fingerprint density at radius 3 is 3.04 bits per heavy atom. The van der Waals surface area contributed by atoms with Crippen LogP contribution in [0.3, 0.4) is 0 Å². The minimum atomic E-state index is -0.222. The van der Waals surface area contributed by atoms with Gasteiger partial charge in [-0.05, 0) is 37.3 Å². The maximum absolute atomic E-state index is 12.5. The second kappa shape index (κ2) is 6.40. The highest BCUT2D eigenvalue weighted by molar-refractivity contribution is 7.14. The summed E-state index contributed by atoms with van der Waals surface area (Å²) in [4.78, 5) is 21.0. The molecule has 3 aromatic heterocycles. The van der Waals surface area contributed by atoms with Crippen LogP contribution >= 0.6 is 11.3 Å². The van der Waals surface area contributed by atoms with E-state index in [2.05, 4.69) is 25.6 Å². The van der Waals surface area contributed by atoms with E-state index in [1.807, 2.05) is 30.5 Å². The smallest absolute Gasteiger partial charge is 0.257 e. The maximum atomic E-state index is 12.5. The number of nitrogens with zero attached hydrogens (tertiary/aromatic N) is 5. The number of amides is 1. The first-order valence-corrected chi connectivity index (χ1v) is 8.63. The molecule has 4 rings (SSSR count). The number of aryl methyl sites for hydroxylation is 1. The summed E-state index contributed by atoms with van der Waals surface area (Å²) in [6, 6.07) is 9.14. The van der Waals surface area contributed by atoms with E-state index < -0.39 is 0 Å². The highest BCUT2D eigenvalue weighted by Crippen LogP contribution is 2.24. The first-order valence-electron chi connectivity index (χ1n) is 7.75. The minimum Gasteiger partial charge on any atom is -0.298 e. The SMILES string of the molecule is CCn1nnc2cc(C(=O)Nc3nc(-c4cccnc4)cs3)ccc21. The molecule has 25 heavy (non-hydrogen) atoms. The average Bonchev–Trinajstić information content (AvgIpc) is 3.28. The van der Waals surface area contributed by atoms with E-state index in [9.17, 15) is 4.79 Å². The van der Waals surface area contributed by atoms with E-state index in [1.165, 1.54) is 11.3 Å². The molecule has 0 atom stereocenters. The first-order chi connectivity index (χ1) is 12.2. The van der Waals surface area contributed by atoms with E-state index >= 15 is 0 Å². The molecule has 7 nitrogen and oxygen atoms in total. The quantitative estimate of drug-likeness (QED) is 0.611. The van der Waals surface area contributed by atoms with Crippen molar-refractivity contribution in [2.24, 2.45) is 0 Å². The summed E-state index contributed by atoms with van der Waals surface area (Å²) in [6.07, 6.45) is 3.45. The molecule has 3 heterocycles. The van der Waals surface area contributed by atoms with Crippen LogP contribution in [0.5, 0.6) is 0 Å². The van der Waals surface area contributed by atoms with Gasteiger partial charge in [0.15, 0.2) is 5.13 Å². The maximum Gasteiger partial charge on any atom is 0.257 e. The van der Waals surface area contributed by atoms with Gasteiger partial charge in [0.25, 0.3) is 5.91 Å². The summed E-state index contributed by atoms with van der Waals surface area (Å²) in [5.74, 6) is -0.222. The molecule has 1 aromatic carbocycles. The van der Waals surface area contributed by atoms with Crippen molar-refractivity contribution in [1.29, 1.82) is 0 Å². The second-order valence-electron chi connectivity index (χ2n) is 5.34. The highest BCUT2D eigenvalue weighted by Gasteiger charge is 2.12. The predicted molar refractivity (Wildman–Crippen MR) is 96.5 cm³/mol. The standard InChI is InChI=1S/C17H14N6OS/c1-2-23-15-6-5-11(8-13(15)21-22-23)16(24)20-17-19-14(10-25-17)12-4-3-7-18-9-12/h3-10H,2H2,1H3,(H,19,20,24). The summed E-state index contributed by atoms with van der Waals surface area (Å²) in [7, 11) is 0. The predicted octanol–water partition coefficient (Wildman–Crippen LogP) is 3.22. The molecular weight excluding hydrogens is 336 g/mol. The molecule has 0 fully saturated rings. The Balaban J connectivity index is 1.55. The molecule has 0 saturated carbocycles. The van der Waals surface area contributed by atoms with Crippen molar-refractivity contribution in [2.75, 3.05) is 5.32 Å². The molecule has 0 saturated heterocycles. The summed E-state index contributed by atoms with van der Waals surface area (Å²) in [6.45, 7) is 2.73. The van der Waals surface area contributed by atoms with Crippen molar-refractivity contribution in [3.8, 4) is 11.3 Å². The number of nitrogens with one attached hydrogen (secondary N) is 1. The van der Waals surface area contributed by atoms with Crippen LogP contribution in [0.4, 0.5) is 5.13 Å². The van der Waals surface area contributed by atoms with E-state index in [0.717, 1.165) is 23.3 Å². The van der Waals surface area contributed by atoms with Crippen LogP contribution in [0.2, 0.25) is 0 Å². The molecular formula is C17H14N6OS. The molecule has 8 heteroatoms. The molecule has 124 valence electrons. The normalized spacial score (nSPS) is 10.9. The van der Waals surface area contributed by atoms with Gasteiger partial charge in [-0.15, -0.1) is 16.4 Å². The van der Waals surface area contributed by atoms with Crippen molar-refractivity contribution in [3.63, 3.8) is 0 Å². The van der Waals surface area contributed by atoms with Crippen molar-refractivity contribution in [3.05, 3.63) is 53.7 Å². The van der Waals surface area contributed by atoms with Crippen molar-refractivity contribution in [2.45, 2.75) is 13.5 Å². The van der Waals surface area contributed by atoms with Gasteiger partial charge in [0.05, 0.1) is 11.2 Å². The molecule has 0 aliphatic rings. The van der Waals surface area contributed by atoms with Crippen LogP contribution in [0.25, 0.3) is 22.3 Å². The number of benzene rings is 1. The molecule has 1 amide bonds. The Hall–Kier alpha value is -3.13. The number of hydrogen-bond donors (Lipinski definition) is 1. The fourth-order valence-corrected chi connectivity index (χ4v) is 3.21. The molecule has 0 radical (unpaired) electrons. The van der Waals surface area contributed by atoms with Crippen LogP contribution in [0.1, 0.15) is 17.3 Å². The summed E-state index contributed by atoms with van der Waals surface area (Å²) >= 11 is 1.38. The molecule has 0 unspecified atom stereocenters. The number of rotatable bonds is 4. The number of hydrogen-bond acceptors (Lipinski definition) is 6. The third-order valence-electron chi connectivity index (χ3n) is 3.76. The van der Waals surface area contributed by atoms with E-state index in [-0.39, 0.29) is 5.91 Å². The fourth-order valence-electron chi connectivity index (χ4n) is 2.49. The number of fused-ring (bicyclic) bond motifs is 1. The average molecular weight is 350 g/mol. The Morgan fingerprint density at radius 2 is 2.24 bits per heavy atom. The Bertz CT molecular complexity index is 1040. The van der Waals surface area contributed by atoms with Gasteiger partial charge in [-0.1, -0.05) is 5.21 Å². The Labute approximate surface area is 147 Å². The van der Waals surface area contributed by atoms with E-state index in [4.69, 9.17) is 0 Å². The van der Waals surface area contributed by atoms with E-state index in [0.29, 0.717) is 16.2 Å². The third kappa shape index (κ3) is 2.99. The van der Waals surface area contributed by atoms with Gasteiger partial charge in [0.1, 0.15) is 5.52 Å². The van der Waals surface area contributed by atoms with Crippen LogP contribution < -0.4 is 5.32 Å². The van der Waals surface area contributed by atoms with Gasteiger partial charge in [0, 0.05) is 35.4 Å². The number of carbonyl (C=O) groups excluding carboxylic acids is 1. The largest absolute Gasteiger partial charge is 0.298 e. The molecule has 4 aromatic rings. The zero-order valence-corrected chi connectivity index (χ0v) is 14.2. The molecule has 1 N–H and O–H groups in total. The first kappa shape index (κ1) is 15.4. The number of thiazole rings is 1. The summed E-state index contributed by atoms with van der Waals surface area (Å²) in [5.41, 5.74) is 3.83. The number of pyridine rings is 1. The monoisotopic (exact) mass is 350 g/mol. The lowest BCUT2D eigenvalue weighted by atomic mass is 10.2. The number of anilines is 1. The summed E-state index contributed by atoms with van der Waals surface area (Å²) in [5, 5.41) is 13.4. The highest BCUT2D eigenvalue weighted by atomic mass is 32.1. The van der Waals surface area contributed by atoms with Crippen LogP contribution in [-0.2, 0) is 6.54 Å². The molecule has 0 aliphatic heterocycles. The molecule has 0 aliphatic carbocycles. The van der Waals surface area contributed by atoms with Crippen molar-refractivity contribution < 1.29 is 4.79 Å². The van der Waals surface area contributed by atoms with Gasteiger partial charge in [0.2, 0.25) is 0 Å². The van der Waals surface area contributed by atoms with Gasteiger partial charge in [-0.3, -0.25) is 15.1 Å². The second-order valence-corrected chi connectivity index (χ2v) is 6.20. The van der Waals surface area contributed by atoms with Gasteiger partial charge < -0.3 is 0 Å². The third-order valence-corrected chi connectivity index (χ3v) is 4.52. The fraction of sp³-hybridized carbons (Fsp3) is 0.118. The Morgan fingerprint density at radius 1 is 1.32 bits per heavy atom. The van der Waals surface area contributed by atoms with Crippen LogP contribution in [0, 0.1) is 0 Å². The zero-order valence-electron chi connectivity index (χ0n) is 13.4. The molecule has 0 bridgehead atoms. The minimum absolute atomic E-state index is 0.222. The Kier molecular flexibility index (Phi) is 3.95. The van der Waals surface area contributed by atoms with E-state index in [1.54, 1.807) is 29.2 Å². The van der Waals surface area contributed by atoms with Gasteiger partial charge in [-0.2, -0.15) is 0 Å². The van der Waals surface area contributed by atoms with Crippen LogP contribution in [-0.4, -0.2) is 30.9 Å². The number of aromatic nitrogens is 5. The topological polar surface area (TPSA) is 85.6 Å². The lowest BCUT2D eigenvalue weighted by Crippen LogP contribution is -2.11. The molecule has 0 spiro atoms. The van der Waals surface area contributed by atoms with Gasteiger partial charge in [-0.25, -0.2) is 9.67 Å². The number of carbonyl (C=O) groups is 1. The van der Waals surface area contributed by atoms with Crippen molar-refractivity contribution in [1.82, 2.24) is 25.0 Å². The lowest BCUT2D eigenvalue weighted by molar-refractivity contribution is 0.102. The summed E-state index contributed by atoms with van der Waals surface area (Å²) < 4.78 is 1.79.